The fourth-order valence-electron chi connectivity index (χ4n) is 2.54. The van der Waals surface area contributed by atoms with Crippen LogP contribution in [0.4, 0.5) is 0 Å². The van der Waals surface area contributed by atoms with E-state index in [1.807, 2.05) is 0 Å². The number of thioether (sulfide) groups is 1. The molecule has 2 saturated carbocycles. The lowest BCUT2D eigenvalue weighted by atomic mass is 10.0. The molecule has 1 unspecified atom stereocenters. The molecular weight excluding hydrogens is 208 g/mol. The molecule has 1 saturated heterocycles. The third kappa shape index (κ3) is 2.02. The molecule has 1 heterocycles. The van der Waals surface area contributed by atoms with Gasteiger partial charge in [-0.25, -0.2) is 0 Å². The summed E-state index contributed by atoms with van der Waals surface area (Å²) >= 11 is 1.81. The Kier molecular flexibility index (Phi) is 2.44. The number of carbonyl (C=O) groups excluding carboxylic acids is 1. The molecule has 15 heavy (non-hydrogen) atoms. The van der Waals surface area contributed by atoms with E-state index < -0.39 is 0 Å². The van der Waals surface area contributed by atoms with E-state index in [1.54, 1.807) is 11.8 Å². The van der Waals surface area contributed by atoms with Gasteiger partial charge in [-0.2, -0.15) is 0 Å². The first-order chi connectivity index (χ1) is 7.30. The third-order valence-corrected chi connectivity index (χ3v) is 4.92. The van der Waals surface area contributed by atoms with Gasteiger partial charge < -0.3 is 5.32 Å². The second-order valence-electron chi connectivity index (χ2n) is 5.13. The van der Waals surface area contributed by atoms with Crippen LogP contribution >= 0.6 is 11.8 Å². The molecule has 0 spiro atoms. The van der Waals surface area contributed by atoms with Crippen LogP contribution in [-0.4, -0.2) is 30.1 Å². The van der Waals surface area contributed by atoms with Crippen LogP contribution in [0.25, 0.3) is 0 Å². The van der Waals surface area contributed by atoms with Crippen LogP contribution in [0.5, 0.6) is 0 Å². The summed E-state index contributed by atoms with van der Waals surface area (Å²) < 4.78 is 0. The van der Waals surface area contributed by atoms with Gasteiger partial charge in [-0.15, -0.1) is 11.8 Å². The first-order valence-electron chi connectivity index (χ1n) is 5.89. The summed E-state index contributed by atoms with van der Waals surface area (Å²) in [4.78, 5) is 11.8. The van der Waals surface area contributed by atoms with Gasteiger partial charge in [0.1, 0.15) is 0 Å². The van der Waals surface area contributed by atoms with E-state index in [0.29, 0.717) is 5.41 Å². The minimum absolute atomic E-state index is 0.0602. The molecule has 0 bridgehead atoms. The Bertz CT molecular complexity index is 268. The Labute approximate surface area is 94.8 Å². The molecule has 84 valence electrons. The van der Waals surface area contributed by atoms with Crippen molar-refractivity contribution in [3.8, 4) is 0 Å². The lowest BCUT2D eigenvalue weighted by Crippen LogP contribution is -2.44. The highest BCUT2D eigenvalue weighted by molar-refractivity contribution is 7.99. The minimum Gasteiger partial charge on any atom is -0.354 e. The third-order valence-electron chi connectivity index (χ3n) is 3.98. The van der Waals surface area contributed by atoms with Gasteiger partial charge in [0.15, 0.2) is 0 Å². The number of hydrogen-bond acceptors (Lipinski definition) is 3. The zero-order chi connectivity index (χ0) is 10.3. The van der Waals surface area contributed by atoms with Crippen LogP contribution in [0.1, 0.15) is 25.7 Å². The molecule has 2 N–H and O–H groups in total. The fourth-order valence-corrected chi connectivity index (χ4v) is 3.48. The second kappa shape index (κ2) is 3.67. The fraction of sp³-hybridized carbons (Fsp3) is 0.909. The van der Waals surface area contributed by atoms with Crippen molar-refractivity contribution in [3.63, 3.8) is 0 Å². The lowest BCUT2D eigenvalue weighted by molar-refractivity contribution is -0.122. The number of amides is 1. The summed E-state index contributed by atoms with van der Waals surface area (Å²) in [5.74, 6) is 3.00. The molecule has 1 amide bonds. The molecule has 0 radical (unpaired) electrons. The molecular formula is C11H18N2OS. The Morgan fingerprint density at radius 2 is 2.27 bits per heavy atom. The van der Waals surface area contributed by atoms with Gasteiger partial charge in [-0.1, -0.05) is 0 Å². The van der Waals surface area contributed by atoms with E-state index in [9.17, 15) is 4.79 Å². The maximum absolute atomic E-state index is 11.8. The molecule has 4 heteroatoms. The number of hydrogen-bond donors (Lipinski definition) is 2. The predicted molar refractivity (Wildman–Crippen MR) is 61.6 cm³/mol. The maximum Gasteiger partial charge on any atom is 0.238 e. The zero-order valence-electron chi connectivity index (χ0n) is 8.92. The highest BCUT2D eigenvalue weighted by Crippen LogP contribution is 2.60. The summed E-state index contributed by atoms with van der Waals surface area (Å²) in [7, 11) is 0. The highest BCUT2D eigenvalue weighted by atomic mass is 32.2. The number of carbonyl (C=O) groups is 1. The molecule has 3 nitrogen and oxygen atoms in total. The van der Waals surface area contributed by atoms with Gasteiger partial charge in [0.25, 0.3) is 0 Å². The van der Waals surface area contributed by atoms with Crippen molar-refractivity contribution in [2.75, 3.05) is 18.2 Å². The molecule has 3 aliphatic rings. The Morgan fingerprint density at radius 3 is 2.80 bits per heavy atom. The van der Waals surface area contributed by atoms with Crippen molar-refractivity contribution >= 4 is 17.7 Å². The summed E-state index contributed by atoms with van der Waals surface area (Å²) in [6.45, 7) is 0.930. The van der Waals surface area contributed by atoms with Crippen molar-refractivity contribution in [3.05, 3.63) is 0 Å². The number of rotatable bonds is 4. The lowest BCUT2D eigenvalue weighted by Gasteiger charge is -2.17. The van der Waals surface area contributed by atoms with Crippen molar-refractivity contribution in [2.24, 2.45) is 11.3 Å². The van der Waals surface area contributed by atoms with Gasteiger partial charge in [0.2, 0.25) is 5.91 Å². The van der Waals surface area contributed by atoms with Gasteiger partial charge in [0.05, 0.1) is 6.04 Å². The monoisotopic (exact) mass is 226 g/mol. The van der Waals surface area contributed by atoms with Gasteiger partial charge in [0, 0.05) is 18.2 Å². The van der Waals surface area contributed by atoms with Crippen LogP contribution < -0.4 is 10.6 Å². The van der Waals surface area contributed by atoms with Crippen LogP contribution in [-0.2, 0) is 4.79 Å². The standard InChI is InChI=1S/C11H18N2OS/c14-10(9-5-15-7-13-9)12-6-11(3-4-11)8-1-2-8/h8-9,13H,1-7H2,(H,12,14). The highest BCUT2D eigenvalue weighted by Gasteiger charge is 2.53. The van der Waals surface area contributed by atoms with E-state index >= 15 is 0 Å². The Balaban J connectivity index is 1.47. The van der Waals surface area contributed by atoms with Crippen molar-refractivity contribution < 1.29 is 4.79 Å². The second-order valence-corrected chi connectivity index (χ2v) is 6.16. The van der Waals surface area contributed by atoms with Crippen molar-refractivity contribution in [1.29, 1.82) is 0 Å². The predicted octanol–water partition coefficient (Wildman–Crippen LogP) is 0.955. The van der Waals surface area contributed by atoms with Gasteiger partial charge in [-0.3, -0.25) is 10.1 Å². The molecule has 0 aromatic heterocycles. The topological polar surface area (TPSA) is 41.1 Å². The van der Waals surface area contributed by atoms with Crippen LogP contribution in [0.3, 0.4) is 0 Å². The normalized spacial score (nSPS) is 32.7. The van der Waals surface area contributed by atoms with Crippen LogP contribution in [0.2, 0.25) is 0 Å². The summed E-state index contributed by atoms with van der Waals surface area (Å²) in [5.41, 5.74) is 0.529. The summed E-state index contributed by atoms with van der Waals surface area (Å²) in [6.07, 6.45) is 5.47. The average molecular weight is 226 g/mol. The molecule has 3 rings (SSSR count). The molecule has 1 aliphatic heterocycles. The van der Waals surface area contributed by atoms with Crippen molar-refractivity contribution in [1.82, 2.24) is 10.6 Å². The summed E-state index contributed by atoms with van der Waals surface area (Å²) in [5, 5.41) is 6.34. The largest absolute Gasteiger partial charge is 0.354 e. The quantitative estimate of drug-likeness (QED) is 0.750. The van der Waals surface area contributed by atoms with E-state index in [-0.39, 0.29) is 11.9 Å². The zero-order valence-corrected chi connectivity index (χ0v) is 9.74. The number of nitrogens with one attached hydrogen (secondary N) is 2. The Morgan fingerprint density at radius 1 is 1.47 bits per heavy atom. The van der Waals surface area contributed by atoms with E-state index in [2.05, 4.69) is 10.6 Å². The SMILES string of the molecule is O=C(NCC1(C2CC2)CC1)C1CSCN1. The molecule has 0 aromatic rings. The average Bonchev–Trinajstić information content (AvgIpc) is 3.14. The molecule has 0 aromatic carbocycles. The van der Waals surface area contributed by atoms with E-state index in [4.69, 9.17) is 0 Å². The van der Waals surface area contributed by atoms with Crippen molar-refractivity contribution in [2.45, 2.75) is 31.7 Å². The van der Waals surface area contributed by atoms with Gasteiger partial charge in [-0.05, 0) is 37.0 Å². The van der Waals surface area contributed by atoms with Crippen LogP contribution in [0.15, 0.2) is 0 Å². The molecule has 3 fully saturated rings. The summed E-state index contributed by atoms with van der Waals surface area (Å²) in [6, 6.07) is 0.0602. The smallest absolute Gasteiger partial charge is 0.238 e. The Hall–Kier alpha value is -0.220. The first kappa shape index (κ1) is 9.97. The molecule has 2 aliphatic carbocycles. The maximum atomic E-state index is 11.8. The van der Waals surface area contributed by atoms with Gasteiger partial charge >= 0.3 is 0 Å². The minimum atomic E-state index is 0.0602. The van der Waals surface area contributed by atoms with E-state index in [0.717, 1.165) is 24.1 Å². The van der Waals surface area contributed by atoms with Crippen LogP contribution in [0, 0.1) is 11.3 Å². The first-order valence-corrected chi connectivity index (χ1v) is 7.04. The molecule has 1 atom stereocenters. The van der Waals surface area contributed by atoms with E-state index in [1.165, 1.54) is 25.7 Å².